The van der Waals surface area contributed by atoms with Crippen molar-refractivity contribution in [3.63, 3.8) is 0 Å². The first-order valence-electron chi connectivity index (χ1n) is 11.8. The number of carbonyl (C=O) groups is 5. The van der Waals surface area contributed by atoms with Gasteiger partial charge in [0.1, 0.15) is 12.1 Å². The van der Waals surface area contributed by atoms with Crippen molar-refractivity contribution in [2.45, 2.75) is 52.3 Å². The number of imide groups is 1. The van der Waals surface area contributed by atoms with Gasteiger partial charge in [0.05, 0.1) is 19.8 Å². The first kappa shape index (κ1) is 28.7. The highest BCUT2D eigenvalue weighted by molar-refractivity contribution is 6.12. The Balaban J connectivity index is 1.71. The van der Waals surface area contributed by atoms with Gasteiger partial charge in [0, 0.05) is 30.9 Å². The molecule has 5 amide bonds. The number of benzene rings is 1. The van der Waals surface area contributed by atoms with Crippen LogP contribution in [0.5, 0.6) is 0 Å². The highest BCUT2D eigenvalue weighted by Gasteiger charge is 2.27. The van der Waals surface area contributed by atoms with Gasteiger partial charge >= 0.3 is 0 Å². The molecule has 196 valence electrons. The van der Waals surface area contributed by atoms with Gasteiger partial charge in [-0.2, -0.15) is 0 Å². The van der Waals surface area contributed by atoms with Gasteiger partial charge in [-0.1, -0.05) is 26.0 Å². The minimum Gasteiger partial charge on any atom is -0.392 e. The summed E-state index contributed by atoms with van der Waals surface area (Å²) < 4.78 is 5.39. The van der Waals surface area contributed by atoms with E-state index in [4.69, 9.17) is 9.84 Å². The molecule has 1 heterocycles. The lowest BCUT2D eigenvalue weighted by atomic mass is 10.0. The summed E-state index contributed by atoms with van der Waals surface area (Å²) >= 11 is 0. The smallest absolute Gasteiger partial charge is 0.253 e. The molecule has 0 unspecified atom stereocenters. The fourth-order valence-corrected chi connectivity index (χ4v) is 3.34. The second kappa shape index (κ2) is 14.1. The van der Waals surface area contributed by atoms with E-state index in [-0.39, 0.29) is 56.4 Å². The van der Waals surface area contributed by atoms with Crippen LogP contribution in [0.4, 0.5) is 5.69 Å². The van der Waals surface area contributed by atoms with E-state index in [1.54, 1.807) is 45.0 Å². The number of amides is 5. The van der Waals surface area contributed by atoms with Crippen LogP contribution in [0.1, 0.15) is 39.2 Å². The van der Waals surface area contributed by atoms with Crippen LogP contribution in [0.25, 0.3) is 0 Å². The highest BCUT2D eigenvalue weighted by atomic mass is 16.5. The van der Waals surface area contributed by atoms with Gasteiger partial charge < -0.3 is 25.8 Å². The predicted octanol–water partition coefficient (Wildman–Crippen LogP) is 0.485. The minimum atomic E-state index is -0.842. The summed E-state index contributed by atoms with van der Waals surface area (Å²) in [7, 11) is 0. The molecule has 0 aliphatic carbocycles. The van der Waals surface area contributed by atoms with Crippen LogP contribution < -0.4 is 16.0 Å². The number of aliphatic hydroxyl groups is 1. The minimum absolute atomic E-state index is 0.100. The van der Waals surface area contributed by atoms with Gasteiger partial charge in [-0.3, -0.25) is 28.9 Å². The van der Waals surface area contributed by atoms with Gasteiger partial charge in [0.15, 0.2) is 0 Å². The van der Waals surface area contributed by atoms with E-state index in [9.17, 15) is 24.0 Å². The summed E-state index contributed by atoms with van der Waals surface area (Å²) in [5.74, 6) is -2.17. The Morgan fingerprint density at radius 1 is 0.944 bits per heavy atom. The Labute approximate surface area is 210 Å². The molecule has 1 aliphatic rings. The second-order valence-corrected chi connectivity index (χ2v) is 8.74. The van der Waals surface area contributed by atoms with Crippen LogP contribution >= 0.6 is 0 Å². The molecule has 0 spiro atoms. The average molecular weight is 503 g/mol. The zero-order valence-corrected chi connectivity index (χ0v) is 20.8. The molecule has 0 fully saturated rings. The molecule has 2 atom stereocenters. The molecule has 1 aromatic rings. The number of carbonyl (C=O) groups excluding carboxylic acids is 5. The number of ether oxygens (including phenoxy) is 1. The summed E-state index contributed by atoms with van der Waals surface area (Å²) in [5, 5.41) is 17.1. The highest BCUT2D eigenvalue weighted by Crippen LogP contribution is 2.10. The maximum atomic E-state index is 12.7. The molecule has 11 nitrogen and oxygen atoms in total. The van der Waals surface area contributed by atoms with Crippen molar-refractivity contribution in [1.82, 2.24) is 15.5 Å². The largest absolute Gasteiger partial charge is 0.392 e. The molecule has 0 bridgehead atoms. The Bertz CT molecular complexity index is 957. The molecule has 11 heteroatoms. The third-order valence-electron chi connectivity index (χ3n) is 5.47. The lowest BCUT2D eigenvalue weighted by Gasteiger charge is -2.24. The van der Waals surface area contributed by atoms with Crippen molar-refractivity contribution < 1.29 is 33.8 Å². The lowest BCUT2D eigenvalue weighted by Crippen LogP contribution is -2.53. The maximum absolute atomic E-state index is 12.7. The van der Waals surface area contributed by atoms with E-state index in [0.717, 1.165) is 4.90 Å². The molecule has 1 aliphatic heterocycles. The van der Waals surface area contributed by atoms with E-state index in [1.165, 1.54) is 12.2 Å². The molecule has 2 rings (SSSR count). The molecule has 0 saturated carbocycles. The summed E-state index contributed by atoms with van der Waals surface area (Å²) in [4.78, 5) is 61.5. The quantitative estimate of drug-likeness (QED) is 0.213. The average Bonchev–Trinajstić information content (AvgIpc) is 3.16. The molecule has 0 aromatic heterocycles. The summed E-state index contributed by atoms with van der Waals surface area (Å²) in [6, 6.07) is 5.01. The van der Waals surface area contributed by atoms with E-state index < -0.39 is 23.9 Å². The number of hydrogen-bond acceptors (Lipinski definition) is 7. The molecule has 36 heavy (non-hydrogen) atoms. The summed E-state index contributed by atoms with van der Waals surface area (Å²) in [5.41, 5.74) is 1.24. The van der Waals surface area contributed by atoms with Crippen molar-refractivity contribution in [2.75, 3.05) is 25.1 Å². The fourth-order valence-electron chi connectivity index (χ4n) is 3.34. The van der Waals surface area contributed by atoms with Crippen molar-refractivity contribution >= 4 is 35.2 Å². The monoisotopic (exact) mass is 502 g/mol. The van der Waals surface area contributed by atoms with Gasteiger partial charge in [-0.25, -0.2) is 0 Å². The maximum Gasteiger partial charge on any atom is 0.253 e. The van der Waals surface area contributed by atoms with E-state index in [0.29, 0.717) is 17.7 Å². The topological polar surface area (TPSA) is 154 Å². The van der Waals surface area contributed by atoms with Gasteiger partial charge in [0.25, 0.3) is 11.8 Å². The number of hydrogen-bond donors (Lipinski definition) is 4. The second-order valence-electron chi connectivity index (χ2n) is 8.74. The molecule has 1 aromatic carbocycles. The number of anilines is 1. The molecular formula is C25H34N4O7. The van der Waals surface area contributed by atoms with E-state index >= 15 is 0 Å². The van der Waals surface area contributed by atoms with E-state index in [2.05, 4.69) is 16.0 Å². The normalized spacial score (nSPS) is 14.6. The number of rotatable bonds is 14. The summed E-state index contributed by atoms with van der Waals surface area (Å²) in [6.45, 7) is 5.59. The van der Waals surface area contributed by atoms with Crippen LogP contribution in [-0.4, -0.2) is 71.4 Å². The molecule has 0 radical (unpaired) electrons. The van der Waals surface area contributed by atoms with Crippen molar-refractivity contribution in [1.29, 1.82) is 0 Å². The first-order valence-corrected chi connectivity index (χ1v) is 11.8. The summed E-state index contributed by atoms with van der Waals surface area (Å²) in [6.07, 6.45) is 2.93. The first-order chi connectivity index (χ1) is 17.1. The van der Waals surface area contributed by atoms with Crippen molar-refractivity contribution in [2.24, 2.45) is 5.92 Å². The molecular weight excluding hydrogens is 468 g/mol. The van der Waals surface area contributed by atoms with Crippen LogP contribution in [0.15, 0.2) is 36.4 Å². The van der Waals surface area contributed by atoms with Gasteiger partial charge in [-0.15, -0.1) is 0 Å². The van der Waals surface area contributed by atoms with Crippen LogP contribution in [0.2, 0.25) is 0 Å². The fraction of sp³-hybridized carbons (Fsp3) is 0.480. The van der Waals surface area contributed by atoms with Crippen molar-refractivity contribution in [3.05, 3.63) is 42.0 Å². The number of aliphatic hydroxyl groups excluding tert-OH is 1. The zero-order chi connectivity index (χ0) is 26.7. The standard InChI is InChI=1S/C25H34N4O7/c1-16(2)23(25(35)26-17(3)24(34)27-19-8-6-18(15-30)7-9-19)28-20(31)5-4-13-36-14-12-29-21(32)10-11-22(29)33/h6-11,16-17,23,30H,4-5,12-15H2,1-3H3,(H,26,35)(H,27,34)(H,28,31)/t17-,23-/m0/s1. The van der Waals surface area contributed by atoms with Gasteiger partial charge in [0.2, 0.25) is 17.7 Å². The predicted molar refractivity (Wildman–Crippen MR) is 131 cm³/mol. The van der Waals surface area contributed by atoms with E-state index in [1.807, 2.05) is 0 Å². The van der Waals surface area contributed by atoms with Crippen LogP contribution in [-0.2, 0) is 35.3 Å². The Kier molecular flexibility index (Phi) is 11.2. The van der Waals surface area contributed by atoms with Gasteiger partial charge in [-0.05, 0) is 37.0 Å². The van der Waals surface area contributed by atoms with Crippen molar-refractivity contribution in [3.8, 4) is 0 Å². The Morgan fingerprint density at radius 2 is 1.58 bits per heavy atom. The Morgan fingerprint density at radius 3 is 2.17 bits per heavy atom. The SMILES string of the molecule is CC(C)[C@H](NC(=O)CCCOCCN1C(=O)C=CC1=O)C(=O)N[C@@H](C)C(=O)Nc1ccc(CO)cc1. The lowest BCUT2D eigenvalue weighted by molar-refractivity contribution is -0.137. The number of nitrogens with zero attached hydrogens (tertiary/aromatic N) is 1. The third-order valence-corrected chi connectivity index (χ3v) is 5.47. The zero-order valence-electron chi connectivity index (χ0n) is 20.8. The third kappa shape index (κ3) is 8.90. The van der Waals surface area contributed by atoms with Crippen LogP contribution in [0, 0.1) is 5.92 Å². The Hall–Kier alpha value is -3.57. The molecule has 4 N–H and O–H groups in total. The van der Waals surface area contributed by atoms with Crippen LogP contribution in [0.3, 0.4) is 0 Å². The molecule has 0 saturated heterocycles. The number of nitrogens with one attached hydrogen (secondary N) is 3.